The SMILES string of the molecule is OCC(NCc1ccc(Br)c2cccnc12)c1ccco1. The summed E-state index contributed by atoms with van der Waals surface area (Å²) in [6, 6.07) is 11.4. The van der Waals surface area contributed by atoms with Crippen LogP contribution in [0.25, 0.3) is 10.9 Å². The monoisotopic (exact) mass is 346 g/mol. The van der Waals surface area contributed by atoms with Crippen molar-refractivity contribution in [1.29, 1.82) is 0 Å². The lowest BCUT2D eigenvalue weighted by molar-refractivity contribution is 0.225. The minimum Gasteiger partial charge on any atom is -0.468 e. The molecule has 0 saturated carbocycles. The molecule has 3 rings (SSSR count). The number of hydrogen-bond donors (Lipinski definition) is 2. The average Bonchev–Trinajstić information content (AvgIpc) is 3.04. The number of benzene rings is 1. The highest BCUT2D eigenvalue weighted by Gasteiger charge is 2.13. The van der Waals surface area contributed by atoms with Crippen molar-refractivity contribution in [3.8, 4) is 0 Å². The molecular formula is C16H15BrN2O2. The second-order valence-electron chi connectivity index (χ2n) is 4.74. The summed E-state index contributed by atoms with van der Waals surface area (Å²) in [5.41, 5.74) is 2.04. The number of halogens is 1. The predicted molar refractivity (Wildman–Crippen MR) is 84.8 cm³/mol. The van der Waals surface area contributed by atoms with Crippen LogP contribution in [-0.4, -0.2) is 16.7 Å². The normalized spacial score (nSPS) is 12.7. The van der Waals surface area contributed by atoms with Crippen molar-refractivity contribution in [3.63, 3.8) is 0 Å². The number of aliphatic hydroxyl groups excluding tert-OH is 1. The van der Waals surface area contributed by atoms with Crippen molar-refractivity contribution < 1.29 is 9.52 Å². The van der Waals surface area contributed by atoms with Crippen LogP contribution in [0.1, 0.15) is 17.4 Å². The van der Waals surface area contributed by atoms with E-state index in [4.69, 9.17) is 4.42 Å². The molecule has 0 amide bonds. The summed E-state index contributed by atoms with van der Waals surface area (Å²) in [6.07, 6.45) is 3.39. The Kier molecular flexibility index (Phi) is 4.34. The van der Waals surface area contributed by atoms with Crippen molar-refractivity contribution in [1.82, 2.24) is 10.3 Å². The van der Waals surface area contributed by atoms with Gasteiger partial charge in [0.05, 0.1) is 24.4 Å². The van der Waals surface area contributed by atoms with Gasteiger partial charge in [-0.05, 0) is 29.8 Å². The summed E-state index contributed by atoms with van der Waals surface area (Å²) in [5, 5.41) is 13.9. The van der Waals surface area contributed by atoms with E-state index >= 15 is 0 Å². The van der Waals surface area contributed by atoms with Crippen LogP contribution in [0.4, 0.5) is 0 Å². The van der Waals surface area contributed by atoms with Crippen molar-refractivity contribution in [2.45, 2.75) is 12.6 Å². The van der Waals surface area contributed by atoms with Crippen LogP contribution in [0, 0.1) is 0 Å². The molecule has 2 aromatic heterocycles. The molecular weight excluding hydrogens is 332 g/mol. The first-order valence-corrected chi connectivity index (χ1v) is 7.48. The minimum absolute atomic E-state index is 0.0184. The van der Waals surface area contributed by atoms with Crippen molar-refractivity contribution in [2.24, 2.45) is 0 Å². The summed E-state index contributed by atoms with van der Waals surface area (Å²) >= 11 is 3.54. The van der Waals surface area contributed by atoms with E-state index in [2.05, 4.69) is 26.2 Å². The highest BCUT2D eigenvalue weighted by Crippen LogP contribution is 2.25. The molecule has 1 aromatic carbocycles. The highest BCUT2D eigenvalue weighted by atomic mass is 79.9. The summed E-state index contributed by atoms with van der Waals surface area (Å²) in [4.78, 5) is 4.45. The van der Waals surface area contributed by atoms with E-state index in [-0.39, 0.29) is 12.6 Å². The molecule has 0 aliphatic carbocycles. The Morgan fingerprint density at radius 1 is 1.24 bits per heavy atom. The van der Waals surface area contributed by atoms with Gasteiger partial charge in [0.1, 0.15) is 5.76 Å². The molecule has 0 radical (unpaired) electrons. The smallest absolute Gasteiger partial charge is 0.123 e. The zero-order valence-corrected chi connectivity index (χ0v) is 12.9. The van der Waals surface area contributed by atoms with Crippen LogP contribution in [0.15, 0.2) is 57.7 Å². The largest absolute Gasteiger partial charge is 0.468 e. The Hall–Kier alpha value is -1.69. The van der Waals surface area contributed by atoms with E-state index in [1.165, 1.54) is 0 Å². The van der Waals surface area contributed by atoms with Gasteiger partial charge in [0.25, 0.3) is 0 Å². The molecule has 1 unspecified atom stereocenters. The van der Waals surface area contributed by atoms with Crippen molar-refractivity contribution in [2.75, 3.05) is 6.61 Å². The van der Waals surface area contributed by atoms with Gasteiger partial charge in [0.15, 0.2) is 0 Å². The topological polar surface area (TPSA) is 58.3 Å². The van der Waals surface area contributed by atoms with Crippen LogP contribution in [0.3, 0.4) is 0 Å². The molecule has 0 spiro atoms. The zero-order chi connectivity index (χ0) is 14.7. The summed E-state index contributed by atoms with van der Waals surface area (Å²) in [5.74, 6) is 0.729. The van der Waals surface area contributed by atoms with Gasteiger partial charge in [0.2, 0.25) is 0 Å². The maximum absolute atomic E-state index is 9.49. The Morgan fingerprint density at radius 2 is 2.14 bits per heavy atom. The molecule has 4 nitrogen and oxygen atoms in total. The first-order chi connectivity index (χ1) is 10.3. The fourth-order valence-electron chi connectivity index (χ4n) is 2.32. The fraction of sp³-hybridized carbons (Fsp3) is 0.188. The molecule has 0 fully saturated rings. The van der Waals surface area contributed by atoms with Crippen LogP contribution in [0.5, 0.6) is 0 Å². The van der Waals surface area contributed by atoms with E-state index in [9.17, 15) is 5.11 Å². The number of hydrogen-bond acceptors (Lipinski definition) is 4. The summed E-state index contributed by atoms with van der Waals surface area (Å²) < 4.78 is 6.36. The quantitative estimate of drug-likeness (QED) is 0.743. The summed E-state index contributed by atoms with van der Waals surface area (Å²) in [6.45, 7) is 0.585. The second kappa shape index (κ2) is 6.39. The zero-order valence-electron chi connectivity index (χ0n) is 11.3. The van der Waals surface area contributed by atoms with E-state index < -0.39 is 0 Å². The number of nitrogens with one attached hydrogen (secondary N) is 1. The number of rotatable bonds is 5. The standard InChI is InChI=1S/C16H15BrN2O2/c17-13-6-5-11(16-12(13)3-1-7-18-16)9-19-14(10-20)15-4-2-8-21-15/h1-8,14,19-20H,9-10H2. The van der Waals surface area contributed by atoms with E-state index in [1.807, 2.05) is 36.4 Å². The lowest BCUT2D eigenvalue weighted by Crippen LogP contribution is -2.23. The maximum atomic E-state index is 9.49. The van der Waals surface area contributed by atoms with E-state index in [0.29, 0.717) is 6.54 Å². The molecule has 0 aliphatic heterocycles. The van der Waals surface area contributed by atoms with Crippen molar-refractivity contribution >= 4 is 26.8 Å². The molecule has 0 saturated heterocycles. The molecule has 0 bridgehead atoms. The first-order valence-electron chi connectivity index (χ1n) is 6.69. The van der Waals surface area contributed by atoms with Crippen molar-refractivity contribution in [3.05, 3.63) is 64.7 Å². The lowest BCUT2D eigenvalue weighted by atomic mass is 10.1. The number of fused-ring (bicyclic) bond motifs is 1. The molecule has 5 heteroatoms. The molecule has 3 aromatic rings. The summed E-state index contributed by atoms with van der Waals surface area (Å²) in [7, 11) is 0. The minimum atomic E-state index is -0.220. The Bertz CT molecular complexity index is 728. The van der Waals surface area contributed by atoms with Gasteiger partial charge in [-0.15, -0.1) is 0 Å². The van der Waals surface area contributed by atoms with Gasteiger partial charge in [-0.3, -0.25) is 4.98 Å². The Labute approximate surface area is 130 Å². The van der Waals surface area contributed by atoms with E-state index in [1.54, 1.807) is 12.5 Å². The molecule has 0 aliphatic rings. The number of aliphatic hydroxyl groups is 1. The van der Waals surface area contributed by atoms with Crippen LogP contribution in [-0.2, 0) is 6.54 Å². The van der Waals surface area contributed by atoms with Crippen LogP contribution in [0.2, 0.25) is 0 Å². The lowest BCUT2D eigenvalue weighted by Gasteiger charge is -2.15. The van der Waals surface area contributed by atoms with Gasteiger partial charge < -0.3 is 14.8 Å². The average molecular weight is 347 g/mol. The molecule has 108 valence electrons. The second-order valence-corrected chi connectivity index (χ2v) is 5.59. The molecule has 21 heavy (non-hydrogen) atoms. The predicted octanol–water partition coefficient (Wildman–Crippen LogP) is 3.41. The molecule has 1 atom stereocenters. The van der Waals surface area contributed by atoms with Gasteiger partial charge in [-0.2, -0.15) is 0 Å². The first kappa shape index (κ1) is 14.3. The third-order valence-electron chi connectivity index (χ3n) is 3.41. The third-order valence-corrected chi connectivity index (χ3v) is 4.10. The van der Waals surface area contributed by atoms with Crippen LogP contribution < -0.4 is 5.32 Å². The molecule has 2 N–H and O–H groups in total. The third kappa shape index (κ3) is 3.00. The Morgan fingerprint density at radius 3 is 2.90 bits per heavy atom. The van der Waals surface area contributed by atoms with Crippen LogP contribution >= 0.6 is 15.9 Å². The fourth-order valence-corrected chi connectivity index (χ4v) is 2.77. The number of aromatic nitrogens is 1. The van der Waals surface area contributed by atoms with Gasteiger partial charge in [-0.25, -0.2) is 0 Å². The Balaban J connectivity index is 1.84. The maximum Gasteiger partial charge on any atom is 0.123 e. The van der Waals surface area contributed by atoms with Gasteiger partial charge >= 0.3 is 0 Å². The number of nitrogens with zero attached hydrogens (tertiary/aromatic N) is 1. The van der Waals surface area contributed by atoms with Gasteiger partial charge in [-0.1, -0.05) is 28.1 Å². The highest BCUT2D eigenvalue weighted by molar-refractivity contribution is 9.10. The number of furan rings is 1. The number of pyridine rings is 1. The van der Waals surface area contributed by atoms with E-state index in [0.717, 1.165) is 26.7 Å². The molecule has 2 heterocycles. The van der Waals surface area contributed by atoms with Gasteiger partial charge in [0, 0.05) is 22.6 Å².